The van der Waals surface area contributed by atoms with Gasteiger partial charge < -0.3 is 4.74 Å². The third kappa shape index (κ3) is 2.84. The van der Waals surface area contributed by atoms with Gasteiger partial charge in [-0.2, -0.15) is 0 Å². The van der Waals surface area contributed by atoms with Crippen LogP contribution in [0, 0.1) is 19.8 Å². The van der Waals surface area contributed by atoms with Gasteiger partial charge in [-0.1, -0.05) is 0 Å². The molecule has 0 aliphatic carbocycles. The Balaban J connectivity index is 1.91. The van der Waals surface area contributed by atoms with E-state index in [0.717, 1.165) is 36.8 Å². The molecule has 17 heavy (non-hydrogen) atoms. The monoisotopic (exact) mass is 254 g/mol. The number of ether oxygens (including phenoxy) is 1. The number of thiazole rings is 1. The van der Waals surface area contributed by atoms with Crippen LogP contribution in [-0.4, -0.2) is 36.1 Å². The lowest BCUT2D eigenvalue weighted by Crippen LogP contribution is -2.23. The number of esters is 1. The van der Waals surface area contributed by atoms with Crippen molar-refractivity contribution >= 4 is 17.3 Å². The lowest BCUT2D eigenvalue weighted by Gasteiger charge is -2.13. The van der Waals surface area contributed by atoms with E-state index >= 15 is 0 Å². The number of methoxy groups -OCH3 is 1. The fourth-order valence-corrected chi connectivity index (χ4v) is 3.11. The van der Waals surface area contributed by atoms with Gasteiger partial charge in [0.05, 0.1) is 25.3 Å². The number of aryl methyl sites for hydroxylation is 2. The molecule has 0 radical (unpaired) electrons. The number of likely N-dealkylation sites (tertiary alicyclic amines) is 1. The number of carbonyl (C=O) groups excluding carboxylic acids is 1. The highest BCUT2D eigenvalue weighted by Crippen LogP contribution is 2.23. The molecule has 1 aromatic heterocycles. The minimum absolute atomic E-state index is 0.0437. The van der Waals surface area contributed by atoms with Crippen LogP contribution in [0.25, 0.3) is 0 Å². The van der Waals surface area contributed by atoms with E-state index in [1.807, 2.05) is 6.92 Å². The predicted molar refractivity (Wildman–Crippen MR) is 67.0 cm³/mol. The summed E-state index contributed by atoms with van der Waals surface area (Å²) in [5.74, 6) is -0.0406. The molecule has 0 N–H and O–H groups in total. The van der Waals surface area contributed by atoms with Gasteiger partial charge in [0.25, 0.3) is 0 Å². The van der Waals surface area contributed by atoms with Crippen LogP contribution in [-0.2, 0) is 16.1 Å². The van der Waals surface area contributed by atoms with Crippen LogP contribution < -0.4 is 0 Å². The predicted octanol–water partition coefficient (Wildman–Crippen LogP) is 1.75. The molecule has 1 unspecified atom stereocenters. The van der Waals surface area contributed by atoms with E-state index in [1.165, 1.54) is 12.0 Å². The summed E-state index contributed by atoms with van der Waals surface area (Å²) in [7, 11) is 1.46. The Bertz CT molecular complexity index is 397. The van der Waals surface area contributed by atoms with Crippen molar-refractivity contribution in [1.29, 1.82) is 0 Å². The van der Waals surface area contributed by atoms with Crippen LogP contribution in [0.5, 0.6) is 0 Å². The Kier molecular flexibility index (Phi) is 3.79. The first kappa shape index (κ1) is 12.5. The van der Waals surface area contributed by atoms with Crippen molar-refractivity contribution in [2.45, 2.75) is 26.8 Å². The molecule has 0 spiro atoms. The zero-order chi connectivity index (χ0) is 12.4. The number of hydrogen-bond acceptors (Lipinski definition) is 5. The quantitative estimate of drug-likeness (QED) is 0.771. The van der Waals surface area contributed by atoms with Crippen LogP contribution in [0.3, 0.4) is 0 Å². The van der Waals surface area contributed by atoms with E-state index in [2.05, 4.69) is 16.8 Å². The molecule has 1 aromatic rings. The highest BCUT2D eigenvalue weighted by Gasteiger charge is 2.29. The summed E-state index contributed by atoms with van der Waals surface area (Å²) in [4.78, 5) is 19.5. The van der Waals surface area contributed by atoms with E-state index in [1.54, 1.807) is 11.3 Å². The molecule has 1 saturated heterocycles. The van der Waals surface area contributed by atoms with Crippen molar-refractivity contribution in [3.05, 3.63) is 15.6 Å². The Labute approximate surface area is 106 Å². The average Bonchev–Trinajstić information content (AvgIpc) is 2.87. The van der Waals surface area contributed by atoms with Gasteiger partial charge in [-0.25, -0.2) is 4.98 Å². The fraction of sp³-hybridized carbons (Fsp3) is 0.667. The molecule has 0 aromatic carbocycles. The first-order valence-electron chi connectivity index (χ1n) is 5.83. The molecule has 94 valence electrons. The lowest BCUT2D eigenvalue weighted by molar-refractivity contribution is -0.144. The standard InChI is InChI=1S/C12H18N2O2S/c1-8-9(2)17-11(13-8)7-14-5-4-10(6-14)12(15)16-3/h10H,4-7H2,1-3H3. The maximum atomic E-state index is 11.4. The highest BCUT2D eigenvalue weighted by molar-refractivity contribution is 7.11. The molecule has 1 atom stereocenters. The summed E-state index contributed by atoms with van der Waals surface area (Å²) in [6, 6.07) is 0. The summed E-state index contributed by atoms with van der Waals surface area (Å²) in [6.45, 7) is 6.74. The van der Waals surface area contributed by atoms with Crippen molar-refractivity contribution in [2.75, 3.05) is 20.2 Å². The van der Waals surface area contributed by atoms with Gasteiger partial charge >= 0.3 is 5.97 Å². The summed E-state index contributed by atoms with van der Waals surface area (Å²) in [5, 5.41) is 1.14. The van der Waals surface area contributed by atoms with Gasteiger partial charge in [0.2, 0.25) is 0 Å². The van der Waals surface area contributed by atoms with E-state index in [9.17, 15) is 4.79 Å². The zero-order valence-corrected chi connectivity index (χ0v) is 11.3. The van der Waals surface area contributed by atoms with E-state index < -0.39 is 0 Å². The maximum Gasteiger partial charge on any atom is 0.310 e. The highest BCUT2D eigenvalue weighted by atomic mass is 32.1. The molecule has 5 heteroatoms. The first-order valence-corrected chi connectivity index (χ1v) is 6.65. The van der Waals surface area contributed by atoms with Gasteiger partial charge in [-0.3, -0.25) is 9.69 Å². The minimum atomic E-state index is -0.0843. The molecule has 0 bridgehead atoms. The SMILES string of the molecule is COC(=O)C1CCN(Cc2nc(C)c(C)s2)C1. The molecular formula is C12H18N2O2S. The van der Waals surface area contributed by atoms with E-state index in [-0.39, 0.29) is 11.9 Å². The Morgan fingerprint density at radius 1 is 1.59 bits per heavy atom. The van der Waals surface area contributed by atoms with Gasteiger partial charge in [0.15, 0.2) is 0 Å². The summed E-state index contributed by atoms with van der Waals surface area (Å²) in [5.41, 5.74) is 1.12. The van der Waals surface area contributed by atoms with Crippen molar-refractivity contribution in [2.24, 2.45) is 5.92 Å². The van der Waals surface area contributed by atoms with Crippen LogP contribution in [0.4, 0.5) is 0 Å². The normalized spacial score (nSPS) is 20.8. The van der Waals surface area contributed by atoms with Gasteiger partial charge in [0, 0.05) is 11.4 Å². The molecule has 1 aliphatic heterocycles. The first-order chi connectivity index (χ1) is 8.10. The molecule has 4 nitrogen and oxygen atoms in total. The van der Waals surface area contributed by atoms with Gasteiger partial charge in [-0.15, -0.1) is 11.3 Å². The summed E-state index contributed by atoms with van der Waals surface area (Å²) in [6.07, 6.45) is 0.899. The number of rotatable bonds is 3. The van der Waals surface area contributed by atoms with Crippen LogP contribution in [0.1, 0.15) is 22.0 Å². The second-order valence-corrected chi connectivity index (χ2v) is 5.78. The smallest absolute Gasteiger partial charge is 0.310 e. The van der Waals surface area contributed by atoms with Crippen molar-refractivity contribution in [1.82, 2.24) is 9.88 Å². The number of carbonyl (C=O) groups is 1. The van der Waals surface area contributed by atoms with Gasteiger partial charge in [0.1, 0.15) is 5.01 Å². The third-order valence-electron chi connectivity index (χ3n) is 3.24. The summed E-state index contributed by atoms with van der Waals surface area (Å²) < 4.78 is 4.78. The number of hydrogen-bond donors (Lipinski definition) is 0. The second kappa shape index (κ2) is 5.14. The van der Waals surface area contributed by atoms with E-state index in [4.69, 9.17) is 4.74 Å². The summed E-state index contributed by atoms with van der Waals surface area (Å²) >= 11 is 1.75. The molecule has 1 aliphatic rings. The van der Waals surface area contributed by atoms with Crippen LogP contribution in [0.2, 0.25) is 0 Å². The zero-order valence-electron chi connectivity index (χ0n) is 10.5. The second-order valence-electron chi connectivity index (χ2n) is 4.49. The minimum Gasteiger partial charge on any atom is -0.469 e. The molecule has 2 heterocycles. The lowest BCUT2D eigenvalue weighted by atomic mass is 10.1. The Morgan fingerprint density at radius 3 is 2.94 bits per heavy atom. The molecule has 0 amide bonds. The van der Waals surface area contributed by atoms with E-state index in [0.29, 0.717) is 0 Å². The molecule has 1 fully saturated rings. The van der Waals surface area contributed by atoms with Crippen LogP contribution >= 0.6 is 11.3 Å². The maximum absolute atomic E-state index is 11.4. The topological polar surface area (TPSA) is 42.4 Å². The number of aromatic nitrogens is 1. The molecule has 2 rings (SSSR count). The largest absolute Gasteiger partial charge is 0.469 e. The van der Waals surface area contributed by atoms with Crippen molar-refractivity contribution in [3.63, 3.8) is 0 Å². The average molecular weight is 254 g/mol. The Hall–Kier alpha value is -0.940. The van der Waals surface area contributed by atoms with Gasteiger partial charge in [-0.05, 0) is 26.8 Å². The third-order valence-corrected chi connectivity index (χ3v) is 4.30. The van der Waals surface area contributed by atoms with Crippen molar-refractivity contribution < 1.29 is 9.53 Å². The molecular weight excluding hydrogens is 236 g/mol. The molecule has 0 saturated carbocycles. The fourth-order valence-electron chi connectivity index (χ4n) is 2.13. The van der Waals surface area contributed by atoms with Crippen molar-refractivity contribution in [3.8, 4) is 0 Å². The number of nitrogens with zero attached hydrogens (tertiary/aromatic N) is 2. The Morgan fingerprint density at radius 2 is 2.35 bits per heavy atom. The van der Waals surface area contributed by atoms with Crippen LogP contribution in [0.15, 0.2) is 0 Å².